The number of benzene rings is 2. The molecule has 9 heteroatoms. The number of aldehydes is 1. The van der Waals surface area contributed by atoms with Gasteiger partial charge in [-0.05, 0) is 61.7 Å². The Labute approximate surface area is 185 Å². The lowest BCUT2D eigenvalue weighted by atomic mass is 10.0. The van der Waals surface area contributed by atoms with E-state index in [-0.39, 0.29) is 11.9 Å². The van der Waals surface area contributed by atoms with Gasteiger partial charge in [0.25, 0.3) is 5.91 Å². The number of rotatable bonds is 5. The Balaban J connectivity index is 1.49. The molecule has 30 heavy (non-hydrogen) atoms. The van der Waals surface area contributed by atoms with Gasteiger partial charge in [0.1, 0.15) is 6.29 Å². The van der Waals surface area contributed by atoms with Gasteiger partial charge >= 0.3 is 0 Å². The highest BCUT2D eigenvalue weighted by atomic mass is 32.1. The first-order chi connectivity index (χ1) is 14.6. The molecule has 1 atom stereocenters. The van der Waals surface area contributed by atoms with Crippen LogP contribution in [0, 0.1) is 0 Å². The second-order valence-corrected chi connectivity index (χ2v) is 7.88. The molecule has 2 heterocycles. The normalized spacial score (nSPS) is 16.3. The maximum atomic E-state index is 12.7. The molecule has 1 saturated heterocycles. The van der Waals surface area contributed by atoms with Crippen LogP contribution in [0.2, 0.25) is 0 Å². The monoisotopic (exact) mass is 439 g/mol. The maximum Gasteiger partial charge on any atom is 0.255 e. The van der Waals surface area contributed by atoms with Crippen molar-refractivity contribution in [1.82, 2.24) is 14.8 Å². The predicted octanol–water partition coefficient (Wildman–Crippen LogP) is 3.65. The SMILES string of the molecule is O=CC1CCCCN1c1ccc(C(=O)Nc2cccc(-n3c(S)nnc3S)c2)cc1. The molecule has 0 aliphatic carbocycles. The number of piperidine rings is 1. The number of thiol groups is 2. The highest BCUT2D eigenvalue weighted by Gasteiger charge is 2.22. The Morgan fingerprint density at radius 2 is 1.77 bits per heavy atom. The lowest BCUT2D eigenvalue weighted by Crippen LogP contribution is -2.40. The predicted molar refractivity (Wildman–Crippen MR) is 121 cm³/mol. The van der Waals surface area contributed by atoms with Crippen molar-refractivity contribution in [3.05, 3.63) is 54.1 Å². The third-order valence-corrected chi connectivity index (χ3v) is 5.74. The van der Waals surface area contributed by atoms with E-state index in [1.807, 2.05) is 24.3 Å². The summed E-state index contributed by atoms with van der Waals surface area (Å²) in [6.07, 6.45) is 4.01. The fraction of sp³-hybridized carbons (Fsp3) is 0.238. The average molecular weight is 440 g/mol. The summed E-state index contributed by atoms with van der Waals surface area (Å²) in [4.78, 5) is 26.2. The molecule has 1 aliphatic heterocycles. The van der Waals surface area contributed by atoms with Gasteiger partial charge in [0.05, 0.1) is 11.7 Å². The van der Waals surface area contributed by atoms with Crippen LogP contribution in [0.4, 0.5) is 11.4 Å². The van der Waals surface area contributed by atoms with Crippen LogP contribution in [0.1, 0.15) is 29.6 Å². The summed E-state index contributed by atoms with van der Waals surface area (Å²) in [6, 6.07) is 14.5. The van der Waals surface area contributed by atoms with Gasteiger partial charge in [0, 0.05) is 23.5 Å². The molecular weight excluding hydrogens is 418 g/mol. The molecule has 2 aromatic carbocycles. The van der Waals surface area contributed by atoms with E-state index in [9.17, 15) is 9.59 Å². The van der Waals surface area contributed by atoms with Gasteiger partial charge in [-0.3, -0.25) is 9.36 Å². The Morgan fingerprint density at radius 3 is 2.47 bits per heavy atom. The zero-order valence-corrected chi connectivity index (χ0v) is 17.9. The van der Waals surface area contributed by atoms with Gasteiger partial charge in [-0.1, -0.05) is 6.07 Å². The smallest absolute Gasteiger partial charge is 0.255 e. The van der Waals surface area contributed by atoms with Crippen LogP contribution in [0.25, 0.3) is 5.69 Å². The molecule has 1 aliphatic rings. The van der Waals surface area contributed by atoms with Crippen molar-refractivity contribution in [3.63, 3.8) is 0 Å². The lowest BCUT2D eigenvalue weighted by Gasteiger charge is -2.34. The van der Waals surface area contributed by atoms with Crippen molar-refractivity contribution in [3.8, 4) is 5.69 Å². The minimum Gasteiger partial charge on any atom is -0.362 e. The summed E-state index contributed by atoms with van der Waals surface area (Å²) in [6.45, 7) is 0.852. The number of carbonyl (C=O) groups is 2. The Bertz CT molecular complexity index is 1050. The van der Waals surface area contributed by atoms with Gasteiger partial charge in [-0.2, -0.15) is 0 Å². The summed E-state index contributed by atoms with van der Waals surface area (Å²) in [7, 11) is 0. The molecule has 0 saturated carbocycles. The molecule has 1 fully saturated rings. The van der Waals surface area contributed by atoms with Crippen molar-refractivity contribution in [2.75, 3.05) is 16.8 Å². The van der Waals surface area contributed by atoms with Crippen LogP contribution in [0.15, 0.2) is 58.8 Å². The summed E-state index contributed by atoms with van der Waals surface area (Å²) < 4.78 is 1.67. The minimum absolute atomic E-state index is 0.0905. The quantitative estimate of drug-likeness (QED) is 0.418. The first kappa shape index (κ1) is 20.5. The molecule has 1 aromatic heterocycles. The Kier molecular flexibility index (Phi) is 6.10. The van der Waals surface area contributed by atoms with E-state index in [0.29, 0.717) is 21.6 Å². The van der Waals surface area contributed by atoms with Gasteiger partial charge < -0.3 is 15.0 Å². The van der Waals surface area contributed by atoms with Crippen molar-refractivity contribution in [1.29, 1.82) is 0 Å². The van der Waals surface area contributed by atoms with E-state index in [1.54, 1.807) is 28.8 Å². The fourth-order valence-corrected chi connectivity index (χ4v) is 4.24. The zero-order valence-electron chi connectivity index (χ0n) is 16.1. The lowest BCUT2D eigenvalue weighted by molar-refractivity contribution is -0.109. The average Bonchev–Trinajstić information content (AvgIpc) is 3.12. The molecule has 1 N–H and O–H groups in total. The van der Waals surface area contributed by atoms with Gasteiger partial charge in [0.15, 0.2) is 10.3 Å². The molecule has 1 amide bonds. The number of nitrogens with zero attached hydrogens (tertiary/aromatic N) is 4. The third kappa shape index (κ3) is 4.22. The van der Waals surface area contributed by atoms with E-state index < -0.39 is 0 Å². The first-order valence-electron chi connectivity index (χ1n) is 9.64. The molecular formula is C21H21N5O2S2. The largest absolute Gasteiger partial charge is 0.362 e. The van der Waals surface area contributed by atoms with Crippen molar-refractivity contribution < 1.29 is 9.59 Å². The number of nitrogens with one attached hydrogen (secondary N) is 1. The molecule has 1 unspecified atom stereocenters. The molecule has 154 valence electrons. The van der Waals surface area contributed by atoms with Crippen molar-refractivity contribution in [2.24, 2.45) is 0 Å². The topological polar surface area (TPSA) is 80.1 Å². The van der Waals surface area contributed by atoms with E-state index in [1.165, 1.54) is 0 Å². The summed E-state index contributed by atoms with van der Waals surface area (Å²) >= 11 is 8.57. The molecule has 3 aromatic rings. The number of amides is 1. The number of hydrogen-bond donors (Lipinski definition) is 3. The summed E-state index contributed by atoms with van der Waals surface area (Å²) in [5.74, 6) is -0.217. The Hall–Kier alpha value is -2.78. The van der Waals surface area contributed by atoms with Crippen LogP contribution in [0.5, 0.6) is 0 Å². The number of anilines is 2. The summed E-state index contributed by atoms with van der Waals surface area (Å²) in [5.41, 5.74) is 2.87. The summed E-state index contributed by atoms with van der Waals surface area (Å²) in [5, 5.41) is 11.5. The van der Waals surface area contributed by atoms with Gasteiger partial charge in [-0.15, -0.1) is 35.5 Å². The van der Waals surface area contributed by atoms with E-state index in [4.69, 9.17) is 0 Å². The van der Waals surface area contributed by atoms with Crippen LogP contribution >= 0.6 is 25.3 Å². The molecule has 7 nitrogen and oxygen atoms in total. The molecule has 0 spiro atoms. The highest BCUT2D eigenvalue weighted by molar-refractivity contribution is 7.80. The van der Waals surface area contributed by atoms with Crippen LogP contribution < -0.4 is 10.2 Å². The second kappa shape index (κ2) is 8.93. The standard InChI is InChI=1S/C21H21N5O2S2/c27-13-18-5-1-2-11-25(18)16-9-7-14(8-10-16)19(28)22-15-4-3-6-17(12-15)26-20(29)23-24-21(26)30/h3-4,6-10,12-13,18H,1-2,5,11H2,(H,22,28)(H,23,29)(H,24,30). The maximum absolute atomic E-state index is 12.7. The third-order valence-electron chi connectivity index (χ3n) is 5.16. The molecule has 0 bridgehead atoms. The molecule has 0 radical (unpaired) electrons. The van der Waals surface area contributed by atoms with Gasteiger partial charge in [-0.25, -0.2) is 0 Å². The second-order valence-electron chi connectivity index (χ2n) is 7.08. The van der Waals surface area contributed by atoms with E-state index >= 15 is 0 Å². The van der Waals surface area contributed by atoms with E-state index in [2.05, 4.69) is 45.7 Å². The van der Waals surface area contributed by atoms with Gasteiger partial charge in [0.2, 0.25) is 0 Å². The van der Waals surface area contributed by atoms with Crippen LogP contribution in [0.3, 0.4) is 0 Å². The highest BCUT2D eigenvalue weighted by Crippen LogP contribution is 2.25. The Morgan fingerprint density at radius 1 is 1.03 bits per heavy atom. The van der Waals surface area contributed by atoms with Crippen molar-refractivity contribution >= 4 is 48.8 Å². The van der Waals surface area contributed by atoms with Crippen molar-refractivity contribution in [2.45, 2.75) is 35.6 Å². The number of aromatic nitrogens is 3. The number of hydrogen-bond acceptors (Lipinski definition) is 7. The van der Waals surface area contributed by atoms with Crippen LogP contribution in [-0.4, -0.2) is 39.5 Å². The minimum atomic E-state index is -0.217. The van der Waals surface area contributed by atoms with Crippen LogP contribution in [-0.2, 0) is 4.79 Å². The molecule has 4 rings (SSSR count). The van der Waals surface area contributed by atoms with E-state index in [0.717, 1.165) is 43.5 Å². The zero-order chi connectivity index (χ0) is 21.1. The first-order valence-corrected chi connectivity index (χ1v) is 10.5. The fourth-order valence-electron chi connectivity index (χ4n) is 3.65. The number of carbonyl (C=O) groups excluding carboxylic acids is 2.